The van der Waals surface area contributed by atoms with Crippen molar-refractivity contribution in [1.82, 2.24) is 10.3 Å². The summed E-state index contributed by atoms with van der Waals surface area (Å²) in [5, 5.41) is 3.14. The maximum atomic E-state index is 12.7. The molecule has 3 rings (SSSR count). The first-order valence-electron chi connectivity index (χ1n) is 8.86. The van der Waals surface area contributed by atoms with Crippen molar-refractivity contribution in [3.63, 3.8) is 0 Å². The van der Waals surface area contributed by atoms with Gasteiger partial charge in [-0.2, -0.15) is 0 Å². The number of H-pyrrole nitrogens is 1. The van der Waals surface area contributed by atoms with Crippen LogP contribution in [0.1, 0.15) is 22.8 Å². The molecule has 0 saturated carbocycles. The van der Waals surface area contributed by atoms with E-state index in [0.29, 0.717) is 5.56 Å². The molecular formula is C21H21N3O4. The minimum Gasteiger partial charge on any atom is -0.453 e. The minimum absolute atomic E-state index is 0.205. The molecule has 7 nitrogen and oxygen atoms in total. The molecule has 0 fully saturated rings. The highest BCUT2D eigenvalue weighted by Gasteiger charge is 2.27. The van der Waals surface area contributed by atoms with Crippen molar-refractivity contribution in [3.05, 3.63) is 71.9 Å². The highest BCUT2D eigenvalue weighted by Crippen LogP contribution is 2.20. The van der Waals surface area contributed by atoms with Crippen LogP contribution in [0.2, 0.25) is 0 Å². The van der Waals surface area contributed by atoms with Gasteiger partial charge in [0, 0.05) is 29.1 Å². The molecule has 0 radical (unpaired) electrons. The van der Waals surface area contributed by atoms with Gasteiger partial charge in [-0.15, -0.1) is 0 Å². The first-order valence-corrected chi connectivity index (χ1v) is 8.86. The lowest BCUT2D eigenvalue weighted by Gasteiger charge is -2.19. The number of primary amides is 1. The van der Waals surface area contributed by atoms with Crippen LogP contribution in [0, 0.1) is 0 Å². The van der Waals surface area contributed by atoms with Gasteiger partial charge in [-0.05, 0) is 18.6 Å². The number of aromatic nitrogens is 1. The number of nitrogens with two attached hydrogens (primary N) is 1. The number of carbonyl (C=O) groups is 3. The van der Waals surface area contributed by atoms with Gasteiger partial charge >= 0.3 is 12.0 Å². The van der Waals surface area contributed by atoms with E-state index < -0.39 is 24.1 Å². The van der Waals surface area contributed by atoms with Crippen LogP contribution in [0.4, 0.5) is 4.79 Å². The summed E-state index contributed by atoms with van der Waals surface area (Å²) in [7, 11) is 0. The van der Waals surface area contributed by atoms with E-state index in [4.69, 9.17) is 10.5 Å². The molecule has 0 unspecified atom stereocenters. The number of aromatic amines is 1. The normalized spacial score (nSPS) is 12.9. The average Bonchev–Trinajstić information content (AvgIpc) is 3.11. The van der Waals surface area contributed by atoms with Crippen molar-refractivity contribution >= 4 is 28.7 Å². The van der Waals surface area contributed by atoms with Crippen LogP contribution >= 0.6 is 0 Å². The summed E-state index contributed by atoms with van der Waals surface area (Å²) in [6, 6.07) is 14.7. The quantitative estimate of drug-likeness (QED) is 0.432. The van der Waals surface area contributed by atoms with E-state index in [9.17, 15) is 14.4 Å². The second kappa shape index (κ2) is 8.39. The number of fused-ring (bicyclic) bond motifs is 1. The van der Waals surface area contributed by atoms with Crippen molar-refractivity contribution in [2.75, 3.05) is 0 Å². The largest absolute Gasteiger partial charge is 0.453 e. The van der Waals surface area contributed by atoms with Gasteiger partial charge in [-0.1, -0.05) is 48.5 Å². The molecule has 7 heteroatoms. The lowest BCUT2D eigenvalue weighted by Crippen LogP contribution is -2.47. The Morgan fingerprint density at radius 3 is 2.46 bits per heavy atom. The van der Waals surface area contributed by atoms with E-state index in [1.165, 1.54) is 6.92 Å². The summed E-state index contributed by atoms with van der Waals surface area (Å²) in [5.74, 6) is -1.05. The fourth-order valence-corrected chi connectivity index (χ4v) is 3.02. The van der Waals surface area contributed by atoms with Crippen LogP contribution < -0.4 is 11.1 Å². The van der Waals surface area contributed by atoms with Crippen molar-refractivity contribution < 1.29 is 19.1 Å². The van der Waals surface area contributed by atoms with E-state index in [1.807, 2.05) is 54.6 Å². The number of carbonyl (C=O) groups excluding carboxylic acids is 3. The third kappa shape index (κ3) is 4.37. The van der Waals surface area contributed by atoms with E-state index in [0.717, 1.165) is 16.5 Å². The van der Waals surface area contributed by atoms with Gasteiger partial charge in [0.2, 0.25) is 5.78 Å². The molecular weight excluding hydrogens is 358 g/mol. The molecule has 1 aromatic heterocycles. The second-order valence-corrected chi connectivity index (χ2v) is 6.44. The fourth-order valence-electron chi connectivity index (χ4n) is 3.02. The molecule has 0 aliphatic rings. The number of benzene rings is 2. The smallest absolute Gasteiger partial charge is 0.329 e. The lowest BCUT2D eigenvalue weighted by atomic mass is 10.0. The third-order valence-electron chi connectivity index (χ3n) is 4.40. The van der Waals surface area contributed by atoms with Crippen molar-refractivity contribution in [2.45, 2.75) is 25.5 Å². The summed E-state index contributed by atoms with van der Waals surface area (Å²) in [6.45, 7) is 1.51. The Bertz CT molecular complexity index is 997. The molecule has 2 amide bonds. The predicted octanol–water partition coefficient (Wildman–Crippen LogP) is 2.56. The topological polar surface area (TPSA) is 114 Å². The third-order valence-corrected chi connectivity index (χ3v) is 4.40. The van der Waals surface area contributed by atoms with Gasteiger partial charge < -0.3 is 20.8 Å². The molecule has 0 aliphatic heterocycles. The zero-order valence-corrected chi connectivity index (χ0v) is 15.3. The van der Waals surface area contributed by atoms with Crippen LogP contribution in [-0.4, -0.2) is 34.9 Å². The number of urea groups is 1. The Hall–Kier alpha value is -3.61. The van der Waals surface area contributed by atoms with E-state index >= 15 is 0 Å². The summed E-state index contributed by atoms with van der Waals surface area (Å²) >= 11 is 0. The molecule has 0 spiro atoms. The molecule has 3 aromatic rings. The number of amides is 2. The monoisotopic (exact) mass is 379 g/mol. The SMILES string of the molecule is C[C@H](OC(=O)[C@H](Cc1ccccc1)NC(N)=O)C(=O)c1c[nH]c2ccccc12. The number of ketones is 1. The van der Waals surface area contributed by atoms with Crippen LogP contribution in [-0.2, 0) is 16.0 Å². The summed E-state index contributed by atoms with van der Waals surface area (Å²) in [6.07, 6.45) is 0.788. The number of ether oxygens (including phenoxy) is 1. The summed E-state index contributed by atoms with van der Waals surface area (Å²) in [4.78, 5) is 39.6. The van der Waals surface area contributed by atoms with Crippen LogP contribution in [0.5, 0.6) is 0 Å². The minimum atomic E-state index is -1.01. The van der Waals surface area contributed by atoms with Gasteiger partial charge in [0.15, 0.2) is 6.10 Å². The molecule has 1 heterocycles. The van der Waals surface area contributed by atoms with Gasteiger partial charge in [0.05, 0.1) is 0 Å². The first kappa shape index (κ1) is 19.2. The highest BCUT2D eigenvalue weighted by molar-refractivity contribution is 6.10. The molecule has 0 aliphatic carbocycles. The van der Waals surface area contributed by atoms with Gasteiger partial charge in [0.1, 0.15) is 6.04 Å². The number of para-hydroxylation sites is 1. The van der Waals surface area contributed by atoms with Crippen LogP contribution in [0.15, 0.2) is 60.8 Å². The Morgan fingerprint density at radius 2 is 1.75 bits per heavy atom. The Labute approximate surface area is 161 Å². The summed E-state index contributed by atoms with van der Waals surface area (Å²) in [5.41, 5.74) is 7.28. The maximum absolute atomic E-state index is 12.7. The maximum Gasteiger partial charge on any atom is 0.329 e. The first-order chi connectivity index (χ1) is 13.5. The van der Waals surface area contributed by atoms with Gasteiger partial charge in [0.25, 0.3) is 0 Å². The predicted molar refractivity (Wildman–Crippen MR) is 105 cm³/mol. The van der Waals surface area contributed by atoms with E-state index in [2.05, 4.69) is 10.3 Å². The number of nitrogens with one attached hydrogen (secondary N) is 2. The van der Waals surface area contributed by atoms with Crippen molar-refractivity contribution in [3.8, 4) is 0 Å². The zero-order valence-electron chi connectivity index (χ0n) is 15.3. The Balaban J connectivity index is 1.72. The highest BCUT2D eigenvalue weighted by atomic mass is 16.5. The molecule has 2 atom stereocenters. The van der Waals surface area contributed by atoms with Crippen molar-refractivity contribution in [1.29, 1.82) is 0 Å². The van der Waals surface area contributed by atoms with E-state index in [1.54, 1.807) is 6.20 Å². The Morgan fingerprint density at radius 1 is 1.07 bits per heavy atom. The van der Waals surface area contributed by atoms with E-state index in [-0.39, 0.29) is 12.2 Å². The van der Waals surface area contributed by atoms with Crippen molar-refractivity contribution in [2.24, 2.45) is 5.73 Å². The number of Topliss-reactive ketones (excluding diaryl/α,β-unsaturated/α-hetero) is 1. The number of rotatable bonds is 7. The fraction of sp³-hybridized carbons (Fsp3) is 0.190. The Kier molecular flexibility index (Phi) is 5.74. The molecule has 144 valence electrons. The van der Waals surface area contributed by atoms with Crippen LogP contribution in [0.25, 0.3) is 10.9 Å². The molecule has 2 aromatic carbocycles. The second-order valence-electron chi connectivity index (χ2n) is 6.44. The number of hydrogen-bond donors (Lipinski definition) is 3. The average molecular weight is 379 g/mol. The number of hydrogen-bond acceptors (Lipinski definition) is 4. The zero-order chi connectivity index (χ0) is 20.1. The number of esters is 1. The van der Waals surface area contributed by atoms with Gasteiger partial charge in [-0.25, -0.2) is 9.59 Å². The lowest BCUT2D eigenvalue weighted by molar-refractivity contribution is -0.148. The van der Waals surface area contributed by atoms with Gasteiger partial charge in [-0.3, -0.25) is 4.79 Å². The molecule has 4 N–H and O–H groups in total. The molecule has 28 heavy (non-hydrogen) atoms. The molecule has 0 saturated heterocycles. The molecule has 0 bridgehead atoms. The summed E-state index contributed by atoms with van der Waals surface area (Å²) < 4.78 is 5.35. The standard InChI is InChI=1S/C21H21N3O4/c1-13(19(25)16-12-23-17-10-6-5-9-15(16)17)28-20(26)18(24-21(22)27)11-14-7-3-2-4-8-14/h2-10,12-13,18,23H,11H2,1H3,(H3,22,24,27)/t13-,18-/m0/s1. The van der Waals surface area contributed by atoms with Crippen LogP contribution in [0.3, 0.4) is 0 Å².